The van der Waals surface area contributed by atoms with E-state index in [9.17, 15) is 14.0 Å². The zero-order chi connectivity index (χ0) is 27.2. The Morgan fingerprint density at radius 2 is 1.95 bits per heavy atom. The van der Waals surface area contributed by atoms with Crippen LogP contribution < -0.4 is 15.0 Å². The molecule has 8 heteroatoms. The molecule has 1 aliphatic heterocycles. The highest BCUT2D eigenvalue weighted by molar-refractivity contribution is 6.30. The van der Waals surface area contributed by atoms with Crippen LogP contribution in [0.15, 0.2) is 72.6 Å². The molecule has 1 heterocycles. The van der Waals surface area contributed by atoms with Crippen molar-refractivity contribution in [3.63, 3.8) is 0 Å². The molecule has 1 saturated heterocycles. The Labute approximate surface area is 229 Å². The fourth-order valence-corrected chi connectivity index (χ4v) is 5.16. The molecule has 2 aromatic rings. The standard InChI is InChI=1S/C30H35ClFN3O3/c1-20(2)26-19-34(16-15-33-26)30(37)29(22-9-11-23(32)12-10-22)35(28(36)18-31)27-14-13-25(17-21(27)3)38-24-7-5-4-6-8-24/h4-9,11-14,17,20,22,26,29,33H,10,15-16,18-19H2,1-3H3/t22?,26-,29+/m0/s1. The van der Waals surface area contributed by atoms with Crippen LogP contribution in [0, 0.1) is 18.8 Å². The van der Waals surface area contributed by atoms with Crippen LogP contribution >= 0.6 is 11.6 Å². The van der Waals surface area contributed by atoms with Crippen molar-refractivity contribution in [2.75, 3.05) is 30.4 Å². The van der Waals surface area contributed by atoms with Crippen LogP contribution in [0.1, 0.15) is 25.8 Å². The molecule has 2 aliphatic rings. The van der Waals surface area contributed by atoms with Crippen LogP contribution in [0.3, 0.4) is 0 Å². The predicted octanol–water partition coefficient (Wildman–Crippen LogP) is 5.61. The van der Waals surface area contributed by atoms with Gasteiger partial charge in [0.1, 0.15) is 29.2 Å². The molecule has 1 aliphatic carbocycles. The van der Waals surface area contributed by atoms with E-state index in [1.807, 2.05) is 48.2 Å². The van der Waals surface area contributed by atoms with Gasteiger partial charge < -0.3 is 15.0 Å². The molecule has 0 radical (unpaired) electrons. The summed E-state index contributed by atoms with van der Waals surface area (Å²) in [6.45, 7) is 7.85. The Kier molecular flexibility index (Phi) is 9.23. The van der Waals surface area contributed by atoms with Gasteiger partial charge in [-0.25, -0.2) is 4.39 Å². The third-order valence-electron chi connectivity index (χ3n) is 7.14. The smallest absolute Gasteiger partial charge is 0.246 e. The van der Waals surface area contributed by atoms with E-state index in [4.69, 9.17) is 16.3 Å². The quantitative estimate of drug-likeness (QED) is 0.443. The van der Waals surface area contributed by atoms with Crippen molar-refractivity contribution in [1.82, 2.24) is 10.2 Å². The first kappa shape index (κ1) is 27.9. The number of hydrogen-bond acceptors (Lipinski definition) is 4. The van der Waals surface area contributed by atoms with Crippen LogP contribution in [0.25, 0.3) is 0 Å². The summed E-state index contributed by atoms with van der Waals surface area (Å²) in [5, 5.41) is 3.48. The molecule has 1 unspecified atom stereocenters. The molecule has 1 fully saturated rings. The summed E-state index contributed by atoms with van der Waals surface area (Å²) in [7, 11) is 0. The van der Waals surface area contributed by atoms with Gasteiger partial charge in [-0.15, -0.1) is 11.6 Å². The molecular formula is C30H35ClFN3O3. The molecule has 4 rings (SSSR count). The average Bonchev–Trinajstić information content (AvgIpc) is 2.93. The summed E-state index contributed by atoms with van der Waals surface area (Å²) >= 11 is 6.11. The Morgan fingerprint density at radius 1 is 1.18 bits per heavy atom. The number of carbonyl (C=O) groups excluding carboxylic acids is 2. The van der Waals surface area contributed by atoms with Crippen molar-refractivity contribution in [2.24, 2.45) is 11.8 Å². The average molecular weight is 540 g/mol. The number of para-hydroxylation sites is 1. The van der Waals surface area contributed by atoms with Gasteiger partial charge in [0.15, 0.2) is 0 Å². The second-order valence-electron chi connectivity index (χ2n) is 10.1. The van der Waals surface area contributed by atoms with Crippen molar-refractivity contribution in [2.45, 2.75) is 39.3 Å². The van der Waals surface area contributed by atoms with E-state index < -0.39 is 12.0 Å². The van der Waals surface area contributed by atoms with Gasteiger partial charge in [0.05, 0.1) is 0 Å². The molecule has 2 amide bonds. The molecule has 0 aromatic heterocycles. The minimum absolute atomic E-state index is 0.154. The molecule has 0 saturated carbocycles. The molecule has 0 bridgehead atoms. The number of nitrogens with one attached hydrogen (secondary N) is 1. The normalized spacial score (nSPS) is 20.2. The number of anilines is 1. The van der Waals surface area contributed by atoms with Crippen LogP contribution in [-0.4, -0.2) is 54.3 Å². The van der Waals surface area contributed by atoms with Gasteiger partial charge >= 0.3 is 0 Å². The van der Waals surface area contributed by atoms with Crippen molar-refractivity contribution in [1.29, 1.82) is 0 Å². The lowest BCUT2D eigenvalue weighted by atomic mass is 9.88. The first-order chi connectivity index (χ1) is 18.3. The topological polar surface area (TPSA) is 61.9 Å². The summed E-state index contributed by atoms with van der Waals surface area (Å²) in [6, 6.07) is 14.1. The zero-order valence-electron chi connectivity index (χ0n) is 22.1. The Morgan fingerprint density at radius 3 is 2.58 bits per heavy atom. The van der Waals surface area contributed by atoms with Crippen LogP contribution in [0.4, 0.5) is 10.1 Å². The second kappa shape index (κ2) is 12.6. The number of carbonyl (C=O) groups is 2. The third-order valence-corrected chi connectivity index (χ3v) is 7.36. The SMILES string of the molecule is Cc1cc(Oc2ccccc2)ccc1N(C(=O)CCl)[C@@H](C(=O)N1CCN[C@H](C(C)C)C1)C1C=CC(F)=CC1. The van der Waals surface area contributed by atoms with Crippen molar-refractivity contribution < 1.29 is 18.7 Å². The number of alkyl halides is 1. The Balaban J connectivity index is 1.71. The molecular weight excluding hydrogens is 505 g/mol. The lowest BCUT2D eigenvalue weighted by molar-refractivity contribution is -0.136. The highest BCUT2D eigenvalue weighted by Gasteiger charge is 2.40. The van der Waals surface area contributed by atoms with Crippen molar-refractivity contribution in [3.05, 3.63) is 78.1 Å². The minimum Gasteiger partial charge on any atom is -0.457 e. The maximum Gasteiger partial charge on any atom is 0.246 e. The summed E-state index contributed by atoms with van der Waals surface area (Å²) < 4.78 is 19.9. The van der Waals surface area contributed by atoms with Gasteiger partial charge in [0.25, 0.3) is 0 Å². The number of nitrogens with zero attached hydrogens (tertiary/aromatic N) is 2. The third kappa shape index (κ3) is 6.45. The van der Waals surface area contributed by atoms with E-state index >= 15 is 0 Å². The number of allylic oxidation sites excluding steroid dienone is 3. The van der Waals surface area contributed by atoms with E-state index in [1.54, 1.807) is 18.2 Å². The van der Waals surface area contributed by atoms with Gasteiger partial charge in [0.2, 0.25) is 11.8 Å². The van der Waals surface area contributed by atoms with Gasteiger partial charge in [-0.3, -0.25) is 14.5 Å². The molecule has 1 N–H and O–H groups in total. The number of hydrogen-bond donors (Lipinski definition) is 1. The number of ether oxygens (including phenoxy) is 1. The molecule has 202 valence electrons. The van der Waals surface area contributed by atoms with E-state index in [0.29, 0.717) is 49.2 Å². The summed E-state index contributed by atoms with van der Waals surface area (Å²) in [5.74, 6) is 0.0698. The number of amides is 2. The minimum atomic E-state index is -0.868. The van der Waals surface area contributed by atoms with Crippen molar-refractivity contribution in [3.8, 4) is 11.5 Å². The molecule has 2 aromatic carbocycles. The first-order valence-electron chi connectivity index (χ1n) is 13.1. The summed E-state index contributed by atoms with van der Waals surface area (Å²) in [5.41, 5.74) is 1.34. The predicted molar refractivity (Wildman–Crippen MR) is 149 cm³/mol. The van der Waals surface area contributed by atoms with Gasteiger partial charge in [-0.1, -0.05) is 38.1 Å². The number of benzene rings is 2. The number of piperazine rings is 1. The van der Waals surface area contributed by atoms with E-state index in [0.717, 1.165) is 5.56 Å². The van der Waals surface area contributed by atoms with Crippen LogP contribution in [0.5, 0.6) is 11.5 Å². The molecule has 38 heavy (non-hydrogen) atoms. The monoisotopic (exact) mass is 539 g/mol. The van der Waals surface area contributed by atoms with Gasteiger partial charge in [0, 0.05) is 37.3 Å². The van der Waals surface area contributed by atoms with Crippen LogP contribution in [-0.2, 0) is 9.59 Å². The van der Waals surface area contributed by atoms with E-state index in [2.05, 4.69) is 19.2 Å². The second-order valence-corrected chi connectivity index (χ2v) is 10.4. The van der Waals surface area contributed by atoms with Crippen LogP contribution in [0.2, 0.25) is 0 Å². The Hall–Kier alpha value is -3.16. The lowest BCUT2D eigenvalue weighted by Crippen LogP contribution is -2.61. The van der Waals surface area contributed by atoms with Crippen molar-refractivity contribution >= 4 is 29.1 Å². The molecule has 6 nitrogen and oxygen atoms in total. The maximum atomic E-state index is 14.2. The van der Waals surface area contributed by atoms with Gasteiger partial charge in [-0.05, 0) is 67.3 Å². The van der Waals surface area contributed by atoms with E-state index in [1.165, 1.54) is 17.1 Å². The Bertz CT molecular complexity index is 1200. The number of halogens is 2. The van der Waals surface area contributed by atoms with E-state index in [-0.39, 0.29) is 29.6 Å². The molecule has 0 spiro atoms. The zero-order valence-corrected chi connectivity index (χ0v) is 22.8. The summed E-state index contributed by atoms with van der Waals surface area (Å²) in [6.07, 6.45) is 4.83. The first-order valence-corrected chi connectivity index (χ1v) is 13.6. The van der Waals surface area contributed by atoms with Gasteiger partial charge in [-0.2, -0.15) is 0 Å². The number of rotatable bonds is 8. The molecule has 3 atom stereocenters. The lowest BCUT2D eigenvalue weighted by Gasteiger charge is -2.42. The fraction of sp³-hybridized carbons (Fsp3) is 0.400. The number of aryl methyl sites for hydroxylation is 1. The fourth-order valence-electron chi connectivity index (χ4n) is 5.03. The maximum absolute atomic E-state index is 14.2. The summed E-state index contributed by atoms with van der Waals surface area (Å²) in [4.78, 5) is 30.9. The highest BCUT2D eigenvalue weighted by Crippen LogP contribution is 2.34. The highest BCUT2D eigenvalue weighted by atomic mass is 35.5. The largest absolute Gasteiger partial charge is 0.457 e.